The Balaban J connectivity index is 1.57. The minimum absolute atomic E-state index is 0.0635. The molecular formula is C21H17N3OS. The molecule has 1 aliphatic carbocycles. The summed E-state index contributed by atoms with van der Waals surface area (Å²) in [6, 6.07) is 14.3. The summed E-state index contributed by atoms with van der Waals surface area (Å²) in [7, 11) is 0. The van der Waals surface area contributed by atoms with E-state index in [9.17, 15) is 4.79 Å². The van der Waals surface area contributed by atoms with Crippen LogP contribution in [0.4, 0.5) is 0 Å². The molecule has 0 aliphatic heterocycles. The van der Waals surface area contributed by atoms with Gasteiger partial charge in [-0.1, -0.05) is 36.4 Å². The molecule has 5 heteroatoms. The number of hydrogen-bond acceptors (Lipinski definition) is 4. The molecule has 2 aromatic heterocycles. The third-order valence-corrected chi connectivity index (χ3v) is 6.16. The van der Waals surface area contributed by atoms with E-state index in [2.05, 4.69) is 34.4 Å². The Kier molecular flexibility index (Phi) is 3.68. The summed E-state index contributed by atoms with van der Waals surface area (Å²) in [5.41, 5.74) is 2.10. The van der Waals surface area contributed by atoms with Gasteiger partial charge in [-0.05, 0) is 53.6 Å². The average molecular weight is 359 g/mol. The summed E-state index contributed by atoms with van der Waals surface area (Å²) in [4.78, 5) is 19.6. The van der Waals surface area contributed by atoms with Crippen LogP contribution in [-0.4, -0.2) is 15.9 Å². The highest BCUT2D eigenvalue weighted by atomic mass is 32.1. The van der Waals surface area contributed by atoms with Crippen LogP contribution in [0.15, 0.2) is 58.7 Å². The predicted octanol–water partition coefficient (Wildman–Crippen LogP) is 4.37. The number of hydrogen-bond donors (Lipinski definition) is 0. The molecule has 4 aromatic rings. The van der Waals surface area contributed by atoms with Gasteiger partial charge in [-0.2, -0.15) is 9.78 Å². The van der Waals surface area contributed by atoms with Crippen molar-refractivity contribution in [1.29, 1.82) is 0 Å². The highest BCUT2D eigenvalue weighted by Gasteiger charge is 2.19. The van der Waals surface area contributed by atoms with Crippen LogP contribution in [0.3, 0.4) is 0 Å². The molecule has 0 radical (unpaired) electrons. The molecule has 0 unspecified atom stereocenters. The first-order chi connectivity index (χ1) is 12.8. The Hall–Kier alpha value is -2.79. The van der Waals surface area contributed by atoms with Crippen LogP contribution in [0, 0.1) is 0 Å². The van der Waals surface area contributed by atoms with Crippen LogP contribution in [0.1, 0.15) is 28.8 Å². The molecule has 0 amide bonds. The van der Waals surface area contributed by atoms with Gasteiger partial charge in [0.15, 0.2) is 0 Å². The fourth-order valence-electron chi connectivity index (χ4n) is 3.64. The first-order valence-electron chi connectivity index (χ1n) is 8.85. The van der Waals surface area contributed by atoms with E-state index in [0.717, 1.165) is 40.4 Å². The quantitative estimate of drug-likeness (QED) is 0.499. The largest absolute Gasteiger partial charge is 0.282 e. The van der Waals surface area contributed by atoms with Crippen LogP contribution in [0.2, 0.25) is 0 Å². The predicted molar refractivity (Wildman–Crippen MR) is 107 cm³/mol. The van der Waals surface area contributed by atoms with Crippen LogP contribution >= 0.6 is 11.3 Å². The van der Waals surface area contributed by atoms with Crippen LogP contribution in [0.25, 0.3) is 21.0 Å². The molecule has 0 saturated carbocycles. The molecule has 1 aliphatic rings. The third-order valence-electron chi connectivity index (χ3n) is 4.96. The first-order valence-corrected chi connectivity index (χ1v) is 9.66. The van der Waals surface area contributed by atoms with E-state index in [1.165, 1.54) is 33.3 Å². The molecule has 0 saturated heterocycles. The highest BCUT2D eigenvalue weighted by Crippen LogP contribution is 2.33. The van der Waals surface area contributed by atoms with E-state index in [-0.39, 0.29) is 5.56 Å². The van der Waals surface area contributed by atoms with Gasteiger partial charge in [-0.25, -0.2) is 4.98 Å². The summed E-state index contributed by atoms with van der Waals surface area (Å²) in [5.74, 6) is 0. The SMILES string of the molecule is O=c1c2c3c(sc2ncn1/N=C/c1ccc2ccccc2c1)CCCC3. The second-order valence-electron chi connectivity index (χ2n) is 6.64. The number of fused-ring (bicyclic) bond motifs is 4. The molecule has 5 rings (SSSR count). The Morgan fingerprint density at radius 3 is 2.85 bits per heavy atom. The van der Waals surface area contributed by atoms with E-state index < -0.39 is 0 Å². The highest BCUT2D eigenvalue weighted by molar-refractivity contribution is 7.18. The van der Waals surface area contributed by atoms with Crippen molar-refractivity contribution in [2.75, 3.05) is 0 Å². The maximum Gasteiger partial charge on any atom is 0.282 e. The zero-order valence-electron chi connectivity index (χ0n) is 14.2. The van der Waals surface area contributed by atoms with Crippen molar-refractivity contribution in [2.24, 2.45) is 5.10 Å². The zero-order valence-corrected chi connectivity index (χ0v) is 15.0. The summed E-state index contributed by atoms with van der Waals surface area (Å²) >= 11 is 1.66. The van der Waals surface area contributed by atoms with Crippen molar-refractivity contribution in [3.8, 4) is 0 Å². The van der Waals surface area contributed by atoms with E-state index in [1.807, 2.05) is 18.2 Å². The molecule has 0 bridgehead atoms. The summed E-state index contributed by atoms with van der Waals surface area (Å²) in [6.45, 7) is 0. The summed E-state index contributed by atoms with van der Waals surface area (Å²) < 4.78 is 1.36. The minimum atomic E-state index is -0.0635. The minimum Gasteiger partial charge on any atom is -0.267 e. The number of nitrogens with zero attached hydrogens (tertiary/aromatic N) is 3. The van der Waals surface area contributed by atoms with Gasteiger partial charge in [-0.15, -0.1) is 11.3 Å². The molecule has 0 atom stereocenters. The van der Waals surface area contributed by atoms with Gasteiger partial charge in [0, 0.05) is 4.88 Å². The fourth-order valence-corrected chi connectivity index (χ4v) is 4.86. The van der Waals surface area contributed by atoms with Crippen molar-refractivity contribution in [3.05, 3.63) is 75.1 Å². The Labute approximate surface area is 154 Å². The van der Waals surface area contributed by atoms with Crippen LogP contribution in [-0.2, 0) is 12.8 Å². The lowest BCUT2D eigenvalue weighted by Gasteiger charge is -2.09. The van der Waals surface area contributed by atoms with Crippen LogP contribution in [0.5, 0.6) is 0 Å². The topological polar surface area (TPSA) is 47.2 Å². The van der Waals surface area contributed by atoms with Gasteiger partial charge in [-0.3, -0.25) is 4.79 Å². The third kappa shape index (κ3) is 2.56. The lowest BCUT2D eigenvalue weighted by Crippen LogP contribution is -2.18. The molecule has 128 valence electrons. The number of rotatable bonds is 2. The van der Waals surface area contributed by atoms with Gasteiger partial charge in [0.1, 0.15) is 11.2 Å². The van der Waals surface area contributed by atoms with Gasteiger partial charge in [0.2, 0.25) is 0 Å². The second kappa shape index (κ2) is 6.18. The monoisotopic (exact) mass is 359 g/mol. The number of thiophene rings is 1. The first kappa shape index (κ1) is 15.5. The van der Waals surface area contributed by atoms with Crippen molar-refractivity contribution in [3.63, 3.8) is 0 Å². The Morgan fingerprint density at radius 2 is 1.92 bits per heavy atom. The van der Waals surface area contributed by atoms with Crippen molar-refractivity contribution in [1.82, 2.24) is 9.66 Å². The Bertz CT molecular complexity index is 1220. The second-order valence-corrected chi connectivity index (χ2v) is 7.72. The molecule has 26 heavy (non-hydrogen) atoms. The van der Waals surface area contributed by atoms with E-state index in [4.69, 9.17) is 0 Å². The van der Waals surface area contributed by atoms with Gasteiger partial charge in [0.25, 0.3) is 5.56 Å². The summed E-state index contributed by atoms with van der Waals surface area (Å²) in [5, 5.41) is 7.50. The van der Waals surface area contributed by atoms with E-state index >= 15 is 0 Å². The fraction of sp³-hybridized carbons (Fsp3) is 0.190. The normalized spacial score (nSPS) is 14.3. The van der Waals surface area contributed by atoms with Crippen LogP contribution < -0.4 is 5.56 Å². The van der Waals surface area contributed by atoms with E-state index in [1.54, 1.807) is 17.6 Å². The molecule has 2 heterocycles. The van der Waals surface area contributed by atoms with Gasteiger partial charge in [0.05, 0.1) is 11.6 Å². The van der Waals surface area contributed by atoms with Gasteiger partial charge >= 0.3 is 0 Å². The zero-order chi connectivity index (χ0) is 17.5. The lowest BCUT2D eigenvalue weighted by atomic mass is 9.97. The standard InChI is InChI=1S/C21H17N3OS/c25-21-19-17-7-3-4-8-18(17)26-20(19)22-13-24(21)23-12-14-9-10-15-5-1-2-6-16(15)11-14/h1-2,5-6,9-13H,3-4,7-8H2/b23-12+. The van der Waals surface area contributed by atoms with Crippen molar-refractivity contribution < 1.29 is 0 Å². The average Bonchev–Trinajstić information content (AvgIpc) is 3.06. The molecule has 4 nitrogen and oxygen atoms in total. The molecule has 0 N–H and O–H groups in total. The molecule has 2 aromatic carbocycles. The van der Waals surface area contributed by atoms with Gasteiger partial charge < -0.3 is 0 Å². The molecular weight excluding hydrogens is 342 g/mol. The molecule has 0 fully saturated rings. The van der Waals surface area contributed by atoms with E-state index in [0.29, 0.717) is 0 Å². The number of benzene rings is 2. The maximum atomic E-state index is 12.9. The van der Waals surface area contributed by atoms with Crippen molar-refractivity contribution in [2.45, 2.75) is 25.7 Å². The number of aromatic nitrogens is 2. The smallest absolute Gasteiger partial charge is 0.267 e. The van der Waals surface area contributed by atoms with Crippen molar-refractivity contribution >= 4 is 38.5 Å². The maximum absolute atomic E-state index is 12.9. The molecule has 0 spiro atoms. The lowest BCUT2D eigenvalue weighted by molar-refractivity contribution is 0.699. The number of aryl methyl sites for hydroxylation is 2. The summed E-state index contributed by atoms with van der Waals surface area (Å²) in [6.07, 6.45) is 7.65. The Morgan fingerprint density at radius 1 is 1.08 bits per heavy atom.